The van der Waals surface area contributed by atoms with E-state index in [1.54, 1.807) is 0 Å². The summed E-state index contributed by atoms with van der Waals surface area (Å²) in [6, 6.07) is 25.8. The molecule has 2 aliphatic rings. The van der Waals surface area contributed by atoms with Crippen molar-refractivity contribution in [1.82, 2.24) is 14.9 Å². The van der Waals surface area contributed by atoms with Crippen LogP contribution in [0.5, 0.6) is 5.88 Å². The van der Waals surface area contributed by atoms with Gasteiger partial charge in [0.15, 0.2) is 0 Å². The first-order valence-electron chi connectivity index (χ1n) is 12.0. The molecule has 2 unspecified atom stereocenters. The third kappa shape index (κ3) is 4.64. The average molecular weight is 481 g/mol. The maximum atomic E-state index is 6.40. The maximum absolute atomic E-state index is 6.40. The fraction of sp³-hybridized carbons (Fsp3) is 0.241. The standard InChI is InChI=1S/C29H28N4OS/c1-19-7-5-8-20(2)28(19)26-14-27-31-29(30-26)32-35-24-11-6-9-21(13-24)15-33-16-22-10-3-4-12-25(22)23(17-33)18-34-27/h3-14,23H,15-18H2,1-2H3,(H,30,31,32). The summed E-state index contributed by atoms with van der Waals surface area (Å²) < 4.78 is 9.76. The van der Waals surface area contributed by atoms with Crippen molar-refractivity contribution in [2.75, 3.05) is 17.9 Å². The van der Waals surface area contributed by atoms with E-state index in [0.717, 1.165) is 35.8 Å². The van der Waals surface area contributed by atoms with Crippen molar-refractivity contribution in [2.24, 2.45) is 0 Å². The fourth-order valence-corrected chi connectivity index (χ4v) is 5.86. The molecule has 0 saturated carbocycles. The zero-order valence-electron chi connectivity index (χ0n) is 20.0. The van der Waals surface area contributed by atoms with Crippen LogP contribution in [0.25, 0.3) is 11.3 Å². The van der Waals surface area contributed by atoms with Gasteiger partial charge >= 0.3 is 0 Å². The maximum Gasteiger partial charge on any atom is 0.237 e. The third-order valence-electron chi connectivity index (χ3n) is 6.80. The van der Waals surface area contributed by atoms with Gasteiger partial charge in [-0.25, -0.2) is 4.98 Å². The quantitative estimate of drug-likeness (QED) is 0.320. The molecule has 0 aliphatic carbocycles. The van der Waals surface area contributed by atoms with E-state index < -0.39 is 0 Å². The summed E-state index contributed by atoms with van der Waals surface area (Å²) in [6.07, 6.45) is 0. The van der Waals surface area contributed by atoms with E-state index in [9.17, 15) is 0 Å². The Labute approximate surface area is 210 Å². The molecule has 176 valence electrons. The van der Waals surface area contributed by atoms with Crippen molar-refractivity contribution < 1.29 is 4.74 Å². The van der Waals surface area contributed by atoms with Crippen molar-refractivity contribution in [1.29, 1.82) is 0 Å². The number of nitrogens with zero attached hydrogens (tertiary/aromatic N) is 3. The Morgan fingerprint density at radius 2 is 1.74 bits per heavy atom. The van der Waals surface area contributed by atoms with Gasteiger partial charge in [0.25, 0.3) is 0 Å². The van der Waals surface area contributed by atoms with Crippen molar-refractivity contribution in [2.45, 2.75) is 37.8 Å². The number of nitrogens with one attached hydrogen (secondary N) is 1. The van der Waals surface area contributed by atoms with Gasteiger partial charge in [0.1, 0.15) is 0 Å². The molecule has 1 aromatic heterocycles. The molecule has 0 saturated heterocycles. The lowest BCUT2D eigenvalue weighted by Gasteiger charge is -2.34. The summed E-state index contributed by atoms with van der Waals surface area (Å²) in [4.78, 5) is 13.3. The number of fused-ring (bicyclic) bond motifs is 8. The third-order valence-corrected chi connectivity index (χ3v) is 7.58. The van der Waals surface area contributed by atoms with E-state index in [-0.39, 0.29) is 5.92 Å². The highest BCUT2D eigenvalue weighted by Gasteiger charge is 2.26. The Kier molecular flexibility index (Phi) is 5.92. The smallest absolute Gasteiger partial charge is 0.237 e. The van der Waals surface area contributed by atoms with E-state index in [1.807, 2.05) is 6.07 Å². The van der Waals surface area contributed by atoms with Crippen LogP contribution >= 0.6 is 11.9 Å². The summed E-state index contributed by atoms with van der Waals surface area (Å²) in [7, 11) is 0. The van der Waals surface area contributed by atoms with Crippen LogP contribution in [0.4, 0.5) is 5.95 Å². The van der Waals surface area contributed by atoms with Gasteiger partial charge in [-0.3, -0.25) is 9.62 Å². The first-order valence-corrected chi connectivity index (χ1v) is 12.8. The highest BCUT2D eigenvalue weighted by atomic mass is 32.2. The molecular weight excluding hydrogens is 452 g/mol. The first kappa shape index (κ1) is 22.1. The lowest BCUT2D eigenvalue weighted by Crippen LogP contribution is -2.35. The Morgan fingerprint density at radius 3 is 2.63 bits per heavy atom. The number of benzene rings is 3. The minimum absolute atomic E-state index is 0.274. The average Bonchev–Trinajstić information content (AvgIpc) is 2.86. The van der Waals surface area contributed by atoms with Crippen LogP contribution in [-0.4, -0.2) is 28.0 Å². The number of aryl methyl sites for hydroxylation is 2. The molecule has 6 bridgehead atoms. The first-order chi connectivity index (χ1) is 17.1. The monoisotopic (exact) mass is 480 g/mol. The van der Waals surface area contributed by atoms with E-state index in [1.165, 1.54) is 39.8 Å². The van der Waals surface area contributed by atoms with Crippen LogP contribution < -0.4 is 9.46 Å². The van der Waals surface area contributed by atoms with Gasteiger partial charge in [-0.15, -0.1) is 0 Å². The van der Waals surface area contributed by atoms with E-state index in [0.29, 0.717) is 18.4 Å². The fourth-order valence-electron chi connectivity index (χ4n) is 5.20. The highest BCUT2D eigenvalue weighted by molar-refractivity contribution is 8.00. The molecule has 4 aromatic rings. The molecule has 6 heteroatoms. The van der Waals surface area contributed by atoms with Crippen LogP contribution in [0.15, 0.2) is 77.7 Å². The zero-order chi connectivity index (χ0) is 23.8. The van der Waals surface area contributed by atoms with E-state index >= 15 is 0 Å². The van der Waals surface area contributed by atoms with Gasteiger partial charge in [0.2, 0.25) is 11.8 Å². The Hall–Kier alpha value is -3.35. The molecule has 6 rings (SSSR count). The largest absolute Gasteiger partial charge is 0.477 e. The number of ether oxygens (including phenoxy) is 1. The molecule has 0 radical (unpaired) electrons. The van der Waals surface area contributed by atoms with E-state index in [2.05, 4.69) is 90.2 Å². The summed E-state index contributed by atoms with van der Waals surface area (Å²) >= 11 is 1.53. The minimum atomic E-state index is 0.274. The molecule has 0 amide bonds. The molecular formula is C29H28N4OS. The van der Waals surface area contributed by atoms with Gasteiger partial charge in [-0.1, -0.05) is 54.6 Å². The van der Waals surface area contributed by atoms with Gasteiger partial charge in [-0.2, -0.15) is 4.98 Å². The van der Waals surface area contributed by atoms with Crippen LogP contribution in [-0.2, 0) is 13.1 Å². The molecule has 2 aliphatic heterocycles. The normalized spacial score (nSPS) is 19.0. The zero-order valence-corrected chi connectivity index (χ0v) is 20.8. The van der Waals surface area contributed by atoms with Gasteiger partial charge in [0.05, 0.1) is 12.3 Å². The predicted octanol–water partition coefficient (Wildman–Crippen LogP) is 6.37. The Bertz CT molecular complexity index is 1370. The molecule has 0 spiro atoms. The summed E-state index contributed by atoms with van der Waals surface area (Å²) in [5, 5.41) is 0. The van der Waals surface area contributed by atoms with E-state index in [4.69, 9.17) is 14.7 Å². The predicted molar refractivity (Wildman–Crippen MR) is 142 cm³/mol. The summed E-state index contributed by atoms with van der Waals surface area (Å²) in [5.41, 5.74) is 8.44. The summed E-state index contributed by atoms with van der Waals surface area (Å²) in [6.45, 7) is 7.64. The molecule has 3 heterocycles. The van der Waals surface area contributed by atoms with Crippen LogP contribution in [0, 0.1) is 13.8 Å². The highest BCUT2D eigenvalue weighted by Crippen LogP contribution is 2.33. The van der Waals surface area contributed by atoms with Crippen molar-refractivity contribution >= 4 is 17.9 Å². The Balaban J connectivity index is 1.43. The molecule has 0 fully saturated rings. The number of hydrogen-bond donors (Lipinski definition) is 1. The van der Waals surface area contributed by atoms with Crippen LogP contribution in [0.2, 0.25) is 0 Å². The minimum Gasteiger partial charge on any atom is -0.477 e. The number of rotatable bonds is 1. The molecule has 35 heavy (non-hydrogen) atoms. The van der Waals surface area contributed by atoms with Crippen LogP contribution in [0.1, 0.15) is 33.7 Å². The second kappa shape index (κ2) is 9.36. The van der Waals surface area contributed by atoms with Crippen LogP contribution in [0.3, 0.4) is 0 Å². The lowest BCUT2D eigenvalue weighted by molar-refractivity contribution is 0.180. The lowest BCUT2D eigenvalue weighted by atomic mass is 9.90. The number of hydrogen-bond acceptors (Lipinski definition) is 6. The van der Waals surface area contributed by atoms with Gasteiger partial charge in [-0.05, 0) is 65.7 Å². The van der Waals surface area contributed by atoms with Crippen molar-refractivity contribution in [3.8, 4) is 17.1 Å². The number of anilines is 1. The van der Waals surface area contributed by atoms with Gasteiger partial charge < -0.3 is 4.74 Å². The second-order valence-electron chi connectivity index (χ2n) is 9.41. The topological polar surface area (TPSA) is 50.3 Å². The second-order valence-corrected chi connectivity index (χ2v) is 10.3. The molecule has 3 aromatic carbocycles. The van der Waals surface area contributed by atoms with Crippen molar-refractivity contribution in [3.63, 3.8) is 0 Å². The number of aromatic nitrogens is 2. The SMILES string of the molecule is Cc1cccc(C)c1-c1cc2nc(n1)NSc1cccc(c1)CN1Cc3ccccc3C(CO2)C1. The molecule has 5 nitrogen and oxygen atoms in total. The summed E-state index contributed by atoms with van der Waals surface area (Å²) in [5.74, 6) is 1.43. The molecule has 2 atom stereocenters. The molecule has 1 N–H and O–H groups in total. The Morgan fingerprint density at radius 1 is 0.914 bits per heavy atom. The van der Waals surface area contributed by atoms with Gasteiger partial charge in [0, 0.05) is 42.1 Å². The van der Waals surface area contributed by atoms with Crippen molar-refractivity contribution in [3.05, 3.63) is 101 Å².